The Balaban J connectivity index is 1.38. The maximum atomic E-state index is 14.2. The standard InChI is InChI=1S/C43H40N4O2S/c1-5-44-33(31-17-9-13-27-15-11-19-35(44)38(27)31)25-23-29-21-22-30(37(29)40-41(48)46(7-3)43(50)47(8-4)42(40)49)24-26-34-32-18-10-14-28-16-12-20-36(39(28)32)45(34)6-2/h9-20,23-26H,5-8,21-22H2,1-4H3/b29-23-,30-24+,33-25-,34-26?. The fourth-order valence-corrected chi connectivity index (χ4v) is 8.73. The van der Waals surface area contributed by atoms with E-state index in [0.717, 1.165) is 53.3 Å². The van der Waals surface area contributed by atoms with Crippen molar-refractivity contribution >= 4 is 84.6 Å². The van der Waals surface area contributed by atoms with Gasteiger partial charge in [-0.15, -0.1) is 0 Å². The van der Waals surface area contributed by atoms with Gasteiger partial charge < -0.3 is 9.13 Å². The van der Waals surface area contributed by atoms with Crippen molar-refractivity contribution in [2.45, 2.75) is 53.6 Å². The Morgan fingerprint density at radius 2 is 0.980 bits per heavy atom. The summed E-state index contributed by atoms with van der Waals surface area (Å²) in [6.07, 6.45) is 10.1. The Kier molecular flexibility index (Phi) is 8.03. The van der Waals surface area contributed by atoms with Crippen LogP contribution >= 0.6 is 12.2 Å². The number of thiocarbonyl (C=S) groups is 1. The third-order valence-electron chi connectivity index (χ3n) is 10.6. The first-order valence-electron chi connectivity index (χ1n) is 17.7. The zero-order valence-corrected chi connectivity index (χ0v) is 29.8. The average molecular weight is 677 g/mol. The molecule has 250 valence electrons. The van der Waals surface area contributed by atoms with Crippen LogP contribution in [0.4, 0.5) is 0 Å². The van der Waals surface area contributed by atoms with Crippen LogP contribution in [0.15, 0.2) is 107 Å². The van der Waals surface area contributed by atoms with E-state index in [-0.39, 0.29) is 22.5 Å². The third kappa shape index (κ3) is 4.71. The number of carbonyl (C=O) groups is 2. The number of rotatable bonds is 6. The highest BCUT2D eigenvalue weighted by Crippen LogP contribution is 2.40. The van der Waals surface area contributed by atoms with E-state index >= 15 is 0 Å². The molecule has 1 saturated heterocycles. The fourth-order valence-electron chi connectivity index (χ4n) is 8.30. The van der Waals surface area contributed by atoms with Crippen molar-refractivity contribution in [2.24, 2.45) is 0 Å². The summed E-state index contributed by atoms with van der Waals surface area (Å²) in [5.41, 5.74) is 5.34. The molecule has 8 rings (SSSR count). The number of carbonyl (C=O) groups excluding carboxylic acids is 2. The summed E-state index contributed by atoms with van der Waals surface area (Å²) in [5.74, 6) is -0.634. The van der Waals surface area contributed by atoms with Crippen LogP contribution < -0.4 is 10.7 Å². The number of aryl methyl sites for hydroxylation is 2. The van der Waals surface area contributed by atoms with E-state index in [2.05, 4.69) is 120 Å². The van der Waals surface area contributed by atoms with Crippen molar-refractivity contribution in [1.82, 2.24) is 18.9 Å². The highest BCUT2D eigenvalue weighted by Gasteiger charge is 2.42. The van der Waals surface area contributed by atoms with Crippen LogP contribution in [-0.2, 0) is 22.7 Å². The van der Waals surface area contributed by atoms with Crippen LogP contribution in [-0.4, -0.2) is 49.0 Å². The minimum Gasteiger partial charge on any atom is -0.341 e. The molecule has 4 aromatic carbocycles. The van der Waals surface area contributed by atoms with Crippen molar-refractivity contribution in [2.75, 3.05) is 13.1 Å². The lowest BCUT2D eigenvalue weighted by molar-refractivity contribution is -0.133. The van der Waals surface area contributed by atoms with Gasteiger partial charge in [0.25, 0.3) is 11.8 Å². The molecule has 3 heterocycles. The normalized spacial score (nSPS) is 18.4. The Labute approximate surface area is 296 Å². The highest BCUT2D eigenvalue weighted by molar-refractivity contribution is 7.80. The Bertz CT molecular complexity index is 2430. The number of likely N-dealkylation sites (N-methyl/N-ethyl adjacent to an activating group) is 2. The van der Waals surface area contributed by atoms with Crippen molar-refractivity contribution in [3.05, 3.63) is 118 Å². The van der Waals surface area contributed by atoms with Gasteiger partial charge in [-0.2, -0.15) is 0 Å². The average Bonchev–Trinajstić information content (AvgIpc) is 3.78. The molecular weight excluding hydrogens is 637 g/mol. The summed E-state index contributed by atoms with van der Waals surface area (Å²) >= 11 is 5.65. The van der Waals surface area contributed by atoms with Gasteiger partial charge in [-0.3, -0.25) is 19.4 Å². The summed E-state index contributed by atoms with van der Waals surface area (Å²) < 4.78 is 4.70. The van der Waals surface area contributed by atoms with Gasteiger partial charge in [0.05, 0.1) is 0 Å². The van der Waals surface area contributed by atoms with Crippen LogP contribution in [0.2, 0.25) is 0 Å². The van der Waals surface area contributed by atoms with Gasteiger partial charge in [-0.25, -0.2) is 0 Å². The predicted molar refractivity (Wildman–Crippen MR) is 209 cm³/mol. The lowest BCUT2D eigenvalue weighted by Gasteiger charge is -2.36. The molecule has 0 unspecified atom stereocenters. The monoisotopic (exact) mass is 676 g/mol. The molecule has 2 amide bonds. The highest BCUT2D eigenvalue weighted by atomic mass is 32.1. The first-order chi connectivity index (χ1) is 24.4. The largest absolute Gasteiger partial charge is 0.341 e. The molecule has 0 N–H and O–H groups in total. The van der Waals surface area contributed by atoms with E-state index in [1.165, 1.54) is 43.4 Å². The number of nitrogens with zero attached hydrogens (tertiary/aromatic N) is 4. The molecule has 1 saturated carbocycles. The summed E-state index contributed by atoms with van der Waals surface area (Å²) in [5, 5.41) is 9.88. The summed E-state index contributed by atoms with van der Waals surface area (Å²) in [6.45, 7) is 10.6. The molecule has 2 fully saturated rings. The Morgan fingerprint density at radius 3 is 1.38 bits per heavy atom. The van der Waals surface area contributed by atoms with Gasteiger partial charge in [-0.05, 0) is 105 Å². The van der Waals surface area contributed by atoms with Gasteiger partial charge in [0.15, 0.2) is 5.11 Å². The summed E-state index contributed by atoms with van der Waals surface area (Å²) in [6, 6.07) is 25.8. The second-order valence-electron chi connectivity index (χ2n) is 13.0. The number of hydrogen-bond donors (Lipinski definition) is 0. The number of hydrogen-bond acceptors (Lipinski definition) is 3. The first-order valence-corrected chi connectivity index (χ1v) is 18.2. The van der Waals surface area contributed by atoms with E-state index in [1.807, 2.05) is 13.8 Å². The maximum Gasteiger partial charge on any atom is 0.266 e. The maximum absolute atomic E-state index is 14.2. The molecule has 7 heteroatoms. The van der Waals surface area contributed by atoms with Crippen LogP contribution in [0.3, 0.4) is 0 Å². The first kappa shape index (κ1) is 32.0. The minimum absolute atomic E-state index is 0.211. The van der Waals surface area contributed by atoms with E-state index in [1.54, 1.807) is 9.80 Å². The van der Waals surface area contributed by atoms with Gasteiger partial charge in [0.1, 0.15) is 5.57 Å². The number of amides is 2. The summed E-state index contributed by atoms with van der Waals surface area (Å²) in [4.78, 5) is 31.6. The molecule has 0 atom stereocenters. The van der Waals surface area contributed by atoms with E-state index in [9.17, 15) is 9.59 Å². The van der Waals surface area contributed by atoms with Crippen LogP contribution in [0.25, 0.3) is 55.5 Å². The molecule has 2 aliphatic rings. The van der Waals surface area contributed by atoms with E-state index < -0.39 is 0 Å². The smallest absolute Gasteiger partial charge is 0.266 e. The van der Waals surface area contributed by atoms with Gasteiger partial charge >= 0.3 is 0 Å². The number of aromatic nitrogens is 2. The quantitative estimate of drug-likeness (QED) is 0.104. The topological polar surface area (TPSA) is 50.5 Å². The SMILES string of the molecule is CCN1C(=O)C(=C2/C(=C\C=c3\c4cccc5cccc(c54)n3CC)CC/C2=C\C=c2c3cccc4cccc(c43)n2CC)C(=O)N(CC)C1=S. The molecular formula is C43H40N4O2S. The van der Waals surface area contributed by atoms with Crippen molar-refractivity contribution in [3.63, 3.8) is 0 Å². The van der Waals surface area contributed by atoms with Crippen LogP contribution in [0.5, 0.6) is 0 Å². The molecule has 1 aliphatic carbocycles. The number of benzene rings is 4. The zero-order valence-electron chi connectivity index (χ0n) is 29.0. The van der Waals surface area contributed by atoms with Gasteiger partial charge in [0, 0.05) is 69.5 Å². The van der Waals surface area contributed by atoms with Gasteiger partial charge in [-0.1, -0.05) is 72.8 Å². The molecule has 0 bridgehead atoms. The third-order valence-corrected chi connectivity index (χ3v) is 11.0. The molecule has 6 nitrogen and oxygen atoms in total. The molecule has 1 aliphatic heterocycles. The molecule has 0 spiro atoms. The molecule has 0 radical (unpaired) electrons. The Morgan fingerprint density at radius 1 is 0.560 bits per heavy atom. The van der Waals surface area contributed by atoms with Crippen LogP contribution in [0, 0.1) is 0 Å². The van der Waals surface area contributed by atoms with Crippen LogP contribution in [0.1, 0.15) is 40.5 Å². The number of allylic oxidation sites excluding steroid dienone is 5. The second kappa shape index (κ2) is 12.6. The molecule has 50 heavy (non-hydrogen) atoms. The van der Waals surface area contributed by atoms with Crippen molar-refractivity contribution in [1.29, 1.82) is 0 Å². The second-order valence-corrected chi connectivity index (χ2v) is 13.3. The minimum atomic E-state index is -0.317. The van der Waals surface area contributed by atoms with Crippen molar-refractivity contribution in [3.8, 4) is 0 Å². The van der Waals surface area contributed by atoms with Crippen molar-refractivity contribution < 1.29 is 9.59 Å². The molecule has 6 aromatic rings. The lowest BCUT2D eigenvalue weighted by Crippen LogP contribution is -2.56. The summed E-state index contributed by atoms with van der Waals surface area (Å²) in [7, 11) is 0. The fraction of sp³-hybridized carbons (Fsp3) is 0.233. The Hall–Kier alpha value is -5.27. The van der Waals surface area contributed by atoms with Gasteiger partial charge in [0.2, 0.25) is 0 Å². The van der Waals surface area contributed by atoms with E-state index in [0.29, 0.717) is 13.1 Å². The zero-order chi connectivity index (χ0) is 34.7. The lowest BCUT2D eigenvalue weighted by atomic mass is 9.95. The van der Waals surface area contributed by atoms with E-state index in [4.69, 9.17) is 12.2 Å². The molecule has 2 aromatic heterocycles. The predicted octanol–water partition coefficient (Wildman–Crippen LogP) is 7.58.